The van der Waals surface area contributed by atoms with Crippen molar-refractivity contribution in [3.63, 3.8) is 0 Å². The van der Waals surface area contributed by atoms with E-state index in [0.717, 1.165) is 42.8 Å². The number of benzene rings is 2. The highest BCUT2D eigenvalue weighted by atomic mass is 35.5. The molecule has 3 aromatic rings. The summed E-state index contributed by atoms with van der Waals surface area (Å²) in [6.07, 6.45) is -2.74. The number of fused-ring (bicyclic) bond motifs is 1. The Morgan fingerprint density at radius 3 is 2.42 bits per heavy atom. The molecule has 1 saturated heterocycles. The fourth-order valence-electron chi connectivity index (χ4n) is 5.44. The molecule has 5 rings (SSSR count). The Labute approximate surface area is 235 Å². The summed E-state index contributed by atoms with van der Waals surface area (Å²) >= 11 is 6.29. The first-order valence-corrected chi connectivity index (χ1v) is 13.6. The standard InChI is InChI=1S/C29H30ClF3N4O3/c1-35-14-11-22(12-15-35)34-13-10-23-18-36(40-28(39)29(31,32)33)27(38)25-17-24(20-8-5-9-21(30)16-20)26(37(23)25)19-6-3-2-4-7-19/h2-9,16-17,22-23,34H,10-15,18H2,1H3. The zero-order chi connectivity index (χ0) is 28.4. The minimum Gasteiger partial charge on any atom is -0.331 e. The molecular formula is C29H30ClF3N4O3. The van der Waals surface area contributed by atoms with E-state index in [1.54, 1.807) is 24.3 Å². The molecule has 3 heterocycles. The molecule has 1 N–H and O–H groups in total. The van der Waals surface area contributed by atoms with Crippen LogP contribution >= 0.6 is 11.6 Å². The summed E-state index contributed by atoms with van der Waals surface area (Å²) < 4.78 is 41.1. The van der Waals surface area contributed by atoms with Gasteiger partial charge in [-0.25, -0.2) is 4.79 Å². The molecule has 0 spiro atoms. The number of nitrogens with zero attached hydrogens (tertiary/aromatic N) is 3. The quantitative estimate of drug-likeness (QED) is 0.400. The maximum absolute atomic E-state index is 13.5. The van der Waals surface area contributed by atoms with Crippen molar-refractivity contribution < 1.29 is 27.6 Å². The van der Waals surface area contributed by atoms with Gasteiger partial charge in [-0.2, -0.15) is 18.2 Å². The van der Waals surface area contributed by atoms with Gasteiger partial charge in [0.05, 0.1) is 18.3 Å². The second-order valence-corrected chi connectivity index (χ2v) is 10.7. The summed E-state index contributed by atoms with van der Waals surface area (Å²) in [6.45, 7) is 2.33. The maximum atomic E-state index is 13.5. The SMILES string of the molecule is CN1CCC(NCCC2CN(OC(=O)C(F)(F)F)C(=O)c3cc(-c4cccc(Cl)c4)c(-c4ccccc4)n32)CC1. The Morgan fingerprint density at radius 2 is 1.75 bits per heavy atom. The van der Waals surface area contributed by atoms with Crippen molar-refractivity contribution in [2.75, 3.05) is 33.2 Å². The molecule has 2 aromatic carbocycles. The van der Waals surface area contributed by atoms with Gasteiger partial charge in [0.2, 0.25) is 0 Å². The predicted molar refractivity (Wildman–Crippen MR) is 146 cm³/mol. The second-order valence-electron chi connectivity index (χ2n) is 10.3. The molecule has 40 heavy (non-hydrogen) atoms. The first-order valence-electron chi connectivity index (χ1n) is 13.2. The van der Waals surface area contributed by atoms with Crippen molar-refractivity contribution in [3.8, 4) is 22.4 Å². The molecule has 0 aliphatic carbocycles. The van der Waals surface area contributed by atoms with Crippen LogP contribution in [0.2, 0.25) is 5.02 Å². The Balaban J connectivity index is 1.55. The molecule has 1 unspecified atom stereocenters. The number of carbonyl (C=O) groups excluding carboxylic acids is 2. The van der Waals surface area contributed by atoms with Crippen LogP contribution in [0.3, 0.4) is 0 Å². The van der Waals surface area contributed by atoms with E-state index in [1.165, 1.54) is 0 Å². The highest BCUT2D eigenvalue weighted by Gasteiger charge is 2.45. The minimum absolute atomic E-state index is 0.138. The molecule has 2 aliphatic rings. The van der Waals surface area contributed by atoms with Crippen LogP contribution in [0.5, 0.6) is 0 Å². The van der Waals surface area contributed by atoms with E-state index in [1.807, 2.05) is 41.0 Å². The van der Waals surface area contributed by atoms with Gasteiger partial charge in [-0.15, -0.1) is 0 Å². The predicted octanol–water partition coefficient (Wildman–Crippen LogP) is 5.57. The molecule has 1 fully saturated rings. The summed E-state index contributed by atoms with van der Waals surface area (Å²) in [5, 5.41) is 4.62. The third kappa shape index (κ3) is 6.04. The number of carbonyl (C=O) groups is 2. The largest absolute Gasteiger partial charge is 0.493 e. The topological polar surface area (TPSA) is 66.8 Å². The van der Waals surface area contributed by atoms with Crippen LogP contribution in [0.25, 0.3) is 22.4 Å². The number of nitrogens with one attached hydrogen (secondary N) is 1. The summed E-state index contributed by atoms with van der Waals surface area (Å²) in [4.78, 5) is 32.1. The van der Waals surface area contributed by atoms with E-state index in [-0.39, 0.29) is 12.2 Å². The zero-order valence-corrected chi connectivity index (χ0v) is 22.7. The Morgan fingerprint density at radius 1 is 1.05 bits per heavy atom. The molecule has 11 heteroatoms. The average molecular weight is 575 g/mol. The van der Waals surface area contributed by atoms with E-state index in [9.17, 15) is 22.8 Å². The van der Waals surface area contributed by atoms with E-state index in [4.69, 9.17) is 11.6 Å². The molecule has 212 valence electrons. The van der Waals surface area contributed by atoms with Crippen molar-refractivity contribution in [2.24, 2.45) is 0 Å². The second kappa shape index (κ2) is 11.6. The number of rotatable bonds is 7. The molecule has 2 aliphatic heterocycles. The van der Waals surface area contributed by atoms with Crippen molar-refractivity contribution in [1.82, 2.24) is 19.8 Å². The molecule has 0 saturated carbocycles. The lowest BCUT2D eigenvalue weighted by molar-refractivity contribution is -0.230. The summed E-state index contributed by atoms with van der Waals surface area (Å²) in [7, 11) is 2.09. The first kappa shape index (κ1) is 28.2. The summed E-state index contributed by atoms with van der Waals surface area (Å²) in [5.74, 6) is -3.25. The lowest BCUT2D eigenvalue weighted by Gasteiger charge is -2.35. The first-order chi connectivity index (χ1) is 19.1. The van der Waals surface area contributed by atoms with Crippen molar-refractivity contribution in [2.45, 2.75) is 37.5 Å². The minimum atomic E-state index is -5.23. The van der Waals surface area contributed by atoms with Crippen LogP contribution in [0.1, 0.15) is 35.8 Å². The van der Waals surface area contributed by atoms with Gasteiger partial charge in [-0.3, -0.25) is 4.79 Å². The van der Waals surface area contributed by atoms with Crippen molar-refractivity contribution in [3.05, 3.63) is 71.4 Å². The number of hydrogen-bond acceptors (Lipinski definition) is 5. The normalized spacial score (nSPS) is 18.6. The van der Waals surface area contributed by atoms with Gasteiger partial charge in [0.1, 0.15) is 5.69 Å². The molecule has 1 aromatic heterocycles. The molecule has 0 bridgehead atoms. The number of hydrogen-bond donors (Lipinski definition) is 1. The van der Waals surface area contributed by atoms with E-state index in [0.29, 0.717) is 34.7 Å². The number of piperidine rings is 1. The summed E-state index contributed by atoms with van der Waals surface area (Å²) in [5.41, 5.74) is 3.18. The van der Waals surface area contributed by atoms with Gasteiger partial charge in [0.15, 0.2) is 0 Å². The zero-order valence-electron chi connectivity index (χ0n) is 22.0. The van der Waals surface area contributed by atoms with Gasteiger partial charge in [0, 0.05) is 16.6 Å². The van der Waals surface area contributed by atoms with Gasteiger partial charge in [0.25, 0.3) is 0 Å². The van der Waals surface area contributed by atoms with Crippen molar-refractivity contribution >= 4 is 23.5 Å². The van der Waals surface area contributed by atoms with Gasteiger partial charge in [-0.05, 0) is 75.3 Å². The van der Waals surface area contributed by atoms with Crippen LogP contribution in [0, 0.1) is 0 Å². The molecule has 1 amide bonds. The lowest BCUT2D eigenvalue weighted by Crippen LogP contribution is -2.47. The van der Waals surface area contributed by atoms with Crippen LogP contribution in [-0.2, 0) is 9.63 Å². The molecule has 1 atom stereocenters. The highest BCUT2D eigenvalue weighted by molar-refractivity contribution is 6.30. The molecular weight excluding hydrogens is 545 g/mol. The van der Waals surface area contributed by atoms with Gasteiger partial charge >= 0.3 is 18.1 Å². The number of halogens is 4. The number of alkyl halides is 3. The van der Waals surface area contributed by atoms with Gasteiger partial charge in [-0.1, -0.05) is 54.1 Å². The fourth-order valence-corrected chi connectivity index (χ4v) is 5.63. The van der Waals surface area contributed by atoms with Crippen LogP contribution in [0.15, 0.2) is 60.7 Å². The highest BCUT2D eigenvalue weighted by Crippen LogP contribution is 2.41. The Hall–Kier alpha value is -3.34. The molecule has 0 radical (unpaired) electrons. The maximum Gasteiger partial charge on any atom is 0.493 e. The molecule has 7 nitrogen and oxygen atoms in total. The van der Waals surface area contributed by atoms with Gasteiger partial charge < -0.3 is 19.6 Å². The third-order valence-corrected chi connectivity index (χ3v) is 7.70. The van der Waals surface area contributed by atoms with Crippen LogP contribution < -0.4 is 5.32 Å². The number of hydroxylamine groups is 2. The van der Waals surface area contributed by atoms with E-state index < -0.39 is 24.1 Å². The smallest absolute Gasteiger partial charge is 0.331 e. The Bertz CT molecular complexity index is 1370. The van der Waals surface area contributed by atoms with Crippen LogP contribution in [0.4, 0.5) is 13.2 Å². The monoisotopic (exact) mass is 574 g/mol. The number of amides is 1. The number of likely N-dealkylation sites (tertiary alicyclic amines) is 1. The number of aromatic nitrogens is 1. The fraction of sp³-hybridized carbons (Fsp3) is 0.379. The lowest BCUT2D eigenvalue weighted by atomic mass is 10.0. The van der Waals surface area contributed by atoms with Crippen LogP contribution in [-0.4, -0.2) is 71.9 Å². The van der Waals surface area contributed by atoms with E-state index in [2.05, 4.69) is 22.1 Å². The van der Waals surface area contributed by atoms with E-state index >= 15 is 0 Å². The summed E-state index contributed by atoms with van der Waals surface area (Å²) in [6, 6.07) is 18.2. The third-order valence-electron chi connectivity index (χ3n) is 7.46. The van der Waals surface area contributed by atoms with Crippen molar-refractivity contribution in [1.29, 1.82) is 0 Å². The Kier molecular flexibility index (Phi) is 8.21. The average Bonchev–Trinajstić information content (AvgIpc) is 3.33.